The van der Waals surface area contributed by atoms with Crippen molar-refractivity contribution in [3.63, 3.8) is 0 Å². The Morgan fingerprint density at radius 1 is 1.56 bits per heavy atom. The van der Waals surface area contributed by atoms with E-state index in [0.717, 1.165) is 6.42 Å². The number of amides is 1. The lowest BCUT2D eigenvalue weighted by atomic mass is 10.1. The summed E-state index contributed by atoms with van der Waals surface area (Å²) in [5.41, 5.74) is 4.90. The predicted octanol–water partition coefficient (Wildman–Crippen LogP) is 1.57. The van der Waals surface area contributed by atoms with Crippen molar-refractivity contribution in [2.45, 2.75) is 39.2 Å². The minimum Gasteiger partial charge on any atom is -0.444 e. The third-order valence-corrected chi connectivity index (χ3v) is 2.45. The van der Waals surface area contributed by atoms with Gasteiger partial charge in [0.1, 0.15) is 5.60 Å². The molecule has 1 saturated heterocycles. The normalized spacial score (nSPS) is 20.9. The highest BCUT2D eigenvalue weighted by molar-refractivity contribution is 5.77. The quantitative estimate of drug-likeness (QED) is 0.555. The molecule has 3 N–H and O–H groups in total. The first-order valence-corrected chi connectivity index (χ1v) is 5.59. The van der Waals surface area contributed by atoms with Crippen molar-refractivity contribution >= 4 is 11.9 Å². The maximum atomic E-state index is 11.7. The number of amidine groups is 1. The molecule has 16 heavy (non-hydrogen) atoms. The number of nitrogens with zero attached hydrogens (tertiary/aromatic N) is 1. The second-order valence-electron chi connectivity index (χ2n) is 5.31. The van der Waals surface area contributed by atoms with Crippen molar-refractivity contribution < 1.29 is 9.53 Å². The van der Waals surface area contributed by atoms with E-state index in [2.05, 4.69) is 0 Å². The van der Waals surface area contributed by atoms with E-state index >= 15 is 0 Å². The van der Waals surface area contributed by atoms with Crippen molar-refractivity contribution in [1.29, 1.82) is 5.41 Å². The van der Waals surface area contributed by atoms with E-state index in [1.165, 1.54) is 0 Å². The summed E-state index contributed by atoms with van der Waals surface area (Å²) >= 11 is 0. The molecule has 0 aromatic rings. The molecule has 0 aromatic heterocycles. The summed E-state index contributed by atoms with van der Waals surface area (Å²) in [6.07, 6.45) is 1.21. The Morgan fingerprint density at radius 2 is 2.19 bits per heavy atom. The van der Waals surface area contributed by atoms with Gasteiger partial charge in [-0.25, -0.2) is 4.79 Å². The molecule has 0 aromatic carbocycles. The van der Waals surface area contributed by atoms with Gasteiger partial charge >= 0.3 is 6.09 Å². The van der Waals surface area contributed by atoms with E-state index in [1.807, 2.05) is 20.8 Å². The molecule has 5 heteroatoms. The summed E-state index contributed by atoms with van der Waals surface area (Å²) in [5, 5.41) is 7.22. The van der Waals surface area contributed by atoms with Gasteiger partial charge < -0.3 is 15.4 Å². The zero-order chi connectivity index (χ0) is 12.3. The molecule has 0 radical (unpaired) electrons. The van der Waals surface area contributed by atoms with Crippen LogP contribution >= 0.6 is 0 Å². The number of likely N-dealkylation sites (tertiary alicyclic amines) is 1. The van der Waals surface area contributed by atoms with Crippen LogP contribution in [0.15, 0.2) is 0 Å². The van der Waals surface area contributed by atoms with Gasteiger partial charge in [-0.15, -0.1) is 0 Å². The number of carbonyl (C=O) groups is 1. The molecular formula is C11H21N3O2. The van der Waals surface area contributed by atoms with Gasteiger partial charge in [-0.3, -0.25) is 5.41 Å². The maximum Gasteiger partial charge on any atom is 0.410 e. The number of hydrogen-bond acceptors (Lipinski definition) is 3. The van der Waals surface area contributed by atoms with Crippen LogP contribution in [0.25, 0.3) is 0 Å². The largest absolute Gasteiger partial charge is 0.444 e. The van der Waals surface area contributed by atoms with Crippen LogP contribution in [-0.2, 0) is 4.74 Å². The van der Waals surface area contributed by atoms with Gasteiger partial charge in [0, 0.05) is 19.5 Å². The van der Waals surface area contributed by atoms with Crippen LogP contribution in [-0.4, -0.2) is 35.5 Å². The van der Waals surface area contributed by atoms with Gasteiger partial charge in [-0.05, 0) is 33.1 Å². The fourth-order valence-corrected chi connectivity index (χ4v) is 1.80. The first kappa shape index (κ1) is 12.8. The second-order valence-corrected chi connectivity index (χ2v) is 5.31. The molecule has 0 aliphatic carbocycles. The lowest BCUT2D eigenvalue weighted by Crippen LogP contribution is -2.35. The summed E-state index contributed by atoms with van der Waals surface area (Å²) in [5.74, 6) is 0.501. The standard InChI is InChI=1S/C11H21N3O2/c1-11(2,3)16-10(15)14-5-4-8(7-14)6-9(12)13/h8H,4-7H2,1-3H3,(H3,12,13). The van der Waals surface area contributed by atoms with Crippen LogP contribution in [0.2, 0.25) is 0 Å². The van der Waals surface area contributed by atoms with E-state index in [-0.39, 0.29) is 11.9 Å². The first-order valence-electron chi connectivity index (χ1n) is 5.59. The fraction of sp³-hybridized carbons (Fsp3) is 0.818. The zero-order valence-electron chi connectivity index (χ0n) is 10.2. The van der Waals surface area contributed by atoms with Crippen molar-refractivity contribution in [3.05, 3.63) is 0 Å². The van der Waals surface area contributed by atoms with E-state index in [1.54, 1.807) is 4.90 Å². The first-order chi connectivity index (χ1) is 7.28. The monoisotopic (exact) mass is 227 g/mol. The molecule has 5 nitrogen and oxygen atoms in total. The molecule has 1 rings (SSSR count). The van der Waals surface area contributed by atoms with E-state index < -0.39 is 5.60 Å². The predicted molar refractivity (Wildman–Crippen MR) is 62.4 cm³/mol. The number of hydrogen-bond donors (Lipinski definition) is 2. The van der Waals surface area contributed by atoms with Crippen molar-refractivity contribution in [1.82, 2.24) is 4.90 Å². The summed E-state index contributed by atoms with van der Waals surface area (Å²) in [7, 11) is 0. The molecule has 1 heterocycles. The van der Waals surface area contributed by atoms with Crippen LogP contribution in [0.4, 0.5) is 4.79 Å². The Hall–Kier alpha value is -1.26. The summed E-state index contributed by atoms with van der Waals surface area (Å²) in [4.78, 5) is 13.4. The highest BCUT2D eigenvalue weighted by atomic mass is 16.6. The number of nitrogens with two attached hydrogens (primary N) is 1. The zero-order valence-corrected chi connectivity index (χ0v) is 10.2. The number of rotatable bonds is 2. The minimum absolute atomic E-state index is 0.191. The minimum atomic E-state index is -0.449. The van der Waals surface area contributed by atoms with E-state index in [0.29, 0.717) is 25.4 Å². The average molecular weight is 227 g/mol. The highest BCUT2D eigenvalue weighted by Gasteiger charge is 2.29. The summed E-state index contributed by atoms with van der Waals surface area (Å²) in [6.45, 7) is 6.91. The van der Waals surface area contributed by atoms with Gasteiger partial charge in [0.2, 0.25) is 0 Å². The van der Waals surface area contributed by atoms with E-state index in [4.69, 9.17) is 15.9 Å². The Balaban J connectivity index is 2.41. The molecule has 1 fully saturated rings. The topological polar surface area (TPSA) is 79.4 Å². The highest BCUT2D eigenvalue weighted by Crippen LogP contribution is 2.21. The molecule has 1 amide bonds. The third kappa shape index (κ3) is 4.08. The van der Waals surface area contributed by atoms with E-state index in [9.17, 15) is 4.79 Å². The Kier molecular flexibility index (Phi) is 3.78. The Morgan fingerprint density at radius 3 is 2.69 bits per heavy atom. The van der Waals surface area contributed by atoms with Gasteiger partial charge in [-0.2, -0.15) is 0 Å². The molecule has 92 valence electrons. The Bertz CT molecular complexity index is 283. The molecule has 1 atom stereocenters. The van der Waals surface area contributed by atoms with Crippen LogP contribution < -0.4 is 5.73 Å². The van der Waals surface area contributed by atoms with Crippen LogP contribution in [0, 0.1) is 11.3 Å². The molecule has 0 bridgehead atoms. The van der Waals surface area contributed by atoms with Crippen LogP contribution in [0.5, 0.6) is 0 Å². The molecule has 1 aliphatic rings. The van der Waals surface area contributed by atoms with Crippen molar-refractivity contribution in [3.8, 4) is 0 Å². The third-order valence-electron chi connectivity index (χ3n) is 2.45. The van der Waals surface area contributed by atoms with Gasteiger partial charge in [0.05, 0.1) is 5.84 Å². The van der Waals surface area contributed by atoms with Gasteiger partial charge in [-0.1, -0.05) is 0 Å². The molecule has 1 aliphatic heterocycles. The van der Waals surface area contributed by atoms with Crippen molar-refractivity contribution in [2.75, 3.05) is 13.1 Å². The fourth-order valence-electron chi connectivity index (χ4n) is 1.80. The lowest BCUT2D eigenvalue weighted by Gasteiger charge is -2.24. The molecule has 0 saturated carbocycles. The summed E-state index contributed by atoms with van der Waals surface area (Å²) in [6, 6.07) is 0. The summed E-state index contributed by atoms with van der Waals surface area (Å²) < 4.78 is 5.28. The second kappa shape index (κ2) is 4.72. The average Bonchev–Trinajstić information content (AvgIpc) is 2.48. The number of carbonyl (C=O) groups excluding carboxylic acids is 1. The Labute approximate surface area is 96.4 Å². The smallest absolute Gasteiger partial charge is 0.410 e. The molecule has 1 unspecified atom stereocenters. The lowest BCUT2D eigenvalue weighted by molar-refractivity contribution is 0.0288. The van der Waals surface area contributed by atoms with Gasteiger partial charge in [0.15, 0.2) is 0 Å². The van der Waals surface area contributed by atoms with Crippen molar-refractivity contribution in [2.24, 2.45) is 11.7 Å². The number of ether oxygens (including phenoxy) is 1. The SMILES string of the molecule is CC(C)(C)OC(=O)N1CCC(CC(=N)N)C1. The maximum absolute atomic E-state index is 11.7. The molecule has 0 spiro atoms. The van der Waals surface area contributed by atoms with Crippen LogP contribution in [0.1, 0.15) is 33.6 Å². The van der Waals surface area contributed by atoms with Gasteiger partial charge in [0.25, 0.3) is 0 Å². The van der Waals surface area contributed by atoms with Crippen LogP contribution in [0.3, 0.4) is 0 Å². The molecular weight excluding hydrogens is 206 g/mol. The number of nitrogens with one attached hydrogen (secondary N) is 1.